The fourth-order valence-corrected chi connectivity index (χ4v) is 2.67. The molecule has 0 atom stereocenters. The van der Waals surface area contributed by atoms with E-state index in [1.807, 2.05) is 54.9 Å². The van der Waals surface area contributed by atoms with Crippen molar-refractivity contribution in [2.75, 3.05) is 20.2 Å². The van der Waals surface area contributed by atoms with Crippen LogP contribution in [0.1, 0.15) is 22.8 Å². The van der Waals surface area contributed by atoms with Gasteiger partial charge in [-0.3, -0.25) is 4.79 Å². The fraction of sp³-hybridized carbons (Fsp3) is 0.316. The largest absolute Gasteiger partial charge is 0.492 e. The number of rotatable bonds is 6. The highest BCUT2D eigenvalue weighted by molar-refractivity contribution is 5.97. The molecule has 1 heterocycles. The lowest BCUT2D eigenvalue weighted by Crippen LogP contribution is -2.30. The molecular weight excluding hydrogens is 316 g/mol. The van der Waals surface area contributed by atoms with E-state index < -0.39 is 0 Å². The monoisotopic (exact) mass is 338 g/mol. The number of fused-ring (bicyclic) bond motifs is 1. The zero-order valence-electron chi connectivity index (χ0n) is 14.8. The maximum absolute atomic E-state index is 12.6. The molecule has 0 aliphatic carbocycles. The van der Waals surface area contributed by atoms with Crippen molar-refractivity contribution in [3.05, 3.63) is 53.6 Å². The Bertz CT molecular complexity index is 888. The first-order chi connectivity index (χ1) is 12.1. The molecule has 3 aromatic rings. The van der Waals surface area contributed by atoms with Crippen LogP contribution in [0.5, 0.6) is 5.75 Å². The minimum Gasteiger partial charge on any atom is -0.492 e. The molecule has 0 N–H and O–H groups in total. The van der Waals surface area contributed by atoms with Crippen molar-refractivity contribution in [2.24, 2.45) is 0 Å². The molecule has 0 spiro atoms. The SMILES string of the molecule is CCn1nnc2cc(C(=O)N(C)CCOc3cccc(C)c3)ccc21. The lowest BCUT2D eigenvalue weighted by Gasteiger charge is -2.17. The standard InChI is InChI=1S/C19H22N4O2/c1-4-23-18-9-8-15(13-17(18)20-21-23)19(24)22(3)10-11-25-16-7-5-6-14(2)12-16/h5-9,12-13H,4,10-11H2,1-3H3. The Morgan fingerprint density at radius 3 is 2.84 bits per heavy atom. The van der Waals surface area contributed by atoms with E-state index in [2.05, 4.69) is 10.3 Å². The number of aromatic nitrogens is 3. The first kappa shape index (κ1) is 17.0. The first-order valence-corrected chi connectivity index (χ1v) is 8.36. The van der Waals surface area contributed by atoms with Gasteiger partial charge in [-0.15, -0.1) is 5.10 Å². The normalized spacial score (nSPS) is 10.8. The van der Waals surface area contributed by atoms with Gasteiger partial charge in [0.1, 0.15) is 17.9 Å². The number of benzene rings is 2. The molecule has 0 aliphatic heterocycles. The van der Waals surface area contributed by atoms with Crippen LogP contribution in [0.4, 0.5) is 0 Å². The third-order valence-corrected chi connectivity index (χ3v) is 4.09. The van der Waals surface area contributed by atoms with Crippen LogP contribution in [0.3, 0.4) is 0 Å². The predicted octanol–water partition coefficient (Wildman–Crippen LogP) is 2.91. The van der Waals surface area contributed by atoms with Crippen LogP contribution in [0.25, 0.3) is 11.0 Å². The quantitative estimate of drug-likeness (QED) is 0.693. The molecule has 0 saturated heterocycles. The van der Waals surface area contributed by atoms with Gasteiger partial charge in [-0.05, 0) is 49.7 Å². The molecular formula is C19H22N4O2. The summed E-state index contributed by atoms with van der Waals surface area (Å²) in [5, 5.41) is 8.19. The Hall–Kier alpha value is -2.89. The molecule has 130 valence electrons. The van der Waals surface area contributed by atoms with Crippen LogP contribution in [0.15, 0.2) is 42.5 Å². The van der Waals surface area contributed by atoms with Crippen molar-refractivity contribution in [1.29, 1.82) is 0 Å². The summed E-state index contributed by atoms with van der Waals surface area (Å²) in [6, 6.07) is 13.4. The van der Waals surface area contributed by atoms with E-state index >= 15 is 0 Å². The number of carbonyl (C=O) groups is 1. The zero-order chi connectivity index (χ0) is 17.8. The lowest BCUT2D eigenvalue weighted by atomic mass is 10.1. The van der Waals surface area contributed by atoms with Crippen LogP contribution >= 0.6 is 0 Å². The number of hydrogen-bond donors (Lipinski definition) is 0. The molecule has 0 fully saturated rings. The zero-order valence-corrected chi connectivity index (χ0v) is 14.8. The Kier molecular flexibility index (Phi) is 4.97. The Labute approximate surface area is 147 Å². The average molecular weight is 338 g/mol. The van der Waals surface area contributed by atoms with E-state index in [0.717, 1.165) is 28.9 Å². The molecule has 25 heavy (non-hydrogen) atoms. The van der Waals surface area contributed by atoms with Gasteiger partial charge in [-0.1, -0.05) is 17.3 Å². The van der Waals surface area contributed by atoms with E-state index in [1.165, 1.54) is 0 Å². The van der Waals surface area contributed by atoms with Crippen molar-refractivity contribution < 1.29 is 9.53 Å². The highest BCUT2D eigenvalue weighted by Gasteiger charge is 2.14. The van der Waals surface area contributed by atoms with E-state index in [9.17, 15) is 4.79 Å². The summed E-state index contributed by atoms with van der Waals surface area (Å²) in [5.41, 5.74) is 3.42. The molecule has 1 amide bonds. The summed E-state index contributed by atoms with van der Waals surface area (Å²) in [6.07, 6.45) is 0. The van der Waals surface area contributed by atoms with Crippen molar-refractivity contribution in [2.45, 2.75) is 20.4 Å². The van der Waals surface area contributed by atoms with E-state index in [1.54, 1.807) is 18.0 Å². The van der Waals surface area contributed by atoms with Gasteiger partial charge >= 0.3 is 0 Å². The molecule has 0 unspecified atom stereocenters. The summed E-state index contributed by atoms with van der Waals surface area (Å²) < 4.78 is 7.52. The maximum atomic E-state index is 12.6. The van der Waals surface area contributed by atoms with Gasteiger partial charge in [0.2, 0.25) is 0 Å². The number of nitrogens with zero attached hydrogens (tertiary/aromatic N) is 4. The van der Waals surface area contributed by atoms with Crippen LogP contribution in [0.2, 0.25) is 0 Å². The fourth-order valence-electron chi connectivity index (χ4n) is 2.67. The molecule has 6 nitrogen and oxygen atoms in total. The molecule has 0 bridgehead atoms. The van der Waals surface area contributed by atoms with Gasteiger partial charge in [0.05, 0.1) is 12.1 Å². The average Bonchev–Trinajstić information content (AvgIpc) is 3.03. The number of hydrogen-bond acceptors (Lipinski definition) is 4. The number of aryl methyl sites for hydroxylation is 2. The van der Waals surface area contributed by atoms with Crippen molar-refractivity contribution in [3.63, 3.8) is 0 Å². The Balaban J connectivity index is 1.62. The second-order valence-corrected chi connectivity index (χ2v) is 6.00. The molecule has 0 saturated carbocycles. The van der Waals surface area contributed by atoms with E-state index in [4.69, 9.17) is 4.74 Å². The Morgan fingerprint density at radius 2 is 2.08 bits per heavy atom. The van der Waals surface area contributed by atoms with Crippen molar-refractivity contribution >= 4 is 16.9 Å². The minimum absolute atomic E-state index is 0.0548. The van der Waals surface area contributed by atoms with Gasteiger partial charge in [-0.2, -0.15) is 0 Å². The molecule has 0 radical (unpaired) electrons. The molecule has 0 aliphatic rings. The van der Waals surface area contributed by atoms with Gasteiger partial charge in [0.25, 0.3) is 5.91 Å². The number of carbonyl (C=O) groups excluding carboxylic acids is 1. The van der Waals surface area contributed by atoms with E-state index in [-0.39, 0.29) is 5.91 Å². The van der Waals surface area contributed by atoms with Crippen molar-refractivity contribution in [3.8, 4) is 5.75 Å². The second kappa shape index (κ2) is 7.34. The number of likely N-dealkylation sites (N-methyl/N-ethyl adjacent to an activating group) is 1. The highest BCUT2D eigenvalue weighted by Crippen LogP contribution is 2.15. The smallest absolute Gasteiger partial charge is 0.253 e. The third kappa shape index (κ3) is 3.79. The van der Waals surface area contributed by atoms with Crippen LogP contribution in [0, 0.1) is 6.92 Å². The molecule has 1 aromatic heterocycles. The summed E-state index contributed by atoms with van der Waals surface area (Å²) in [5.74, 6) is 0.763. The summed E-state index contributed by atoms with van der Waals surface area (Å²) >= 11 is 0. The summed E-state index contributed by atoms with van der Waals surface area (Å²) in [7, 11) is 1.77. The maximum Gasteiger partial charge on any atom is 0.253 e. The molecule has 2 aromatic carbocycles. The topological polar surface area (TPSA) is 60.2 Å². The van der Waals surface area contributed by atoms with Gasteiger partial charge in [0, 0.05) is 19.2 Å². The third-order valence-electron chi connectivity index (χ3n) is 4.09. The second-order valence-electron chi connectivity index (χ2n) is 6.00. The summed E-state index contributed by atoms with van der Waals surface area (Å²) in [4.78, 5) is 14.2. The van der Waals surface area contributed by atoms with Gasteiger partial charge in [-0.25, -0.2) is 4.68 Å². The van der Waals surface area contributed by atoms with Crippen LogP contribution < -0.4 is 4.74 Å². The van der Waals surface area contributed by atoms with Crippen LogP contribution in [-0.4, -0.2) is 46.0 Å². The predicted molar refractivity (Wildman–Crippen MR) is 96.8 cm³/mol. The molecule has 3 rings (SSSR count). The highest BCUT2D eigenvalue weighted by atomic mass is 16.5. The van der Waals surface area contributed by atoms with Crippen molar-refractivity contribution in [1.82, 2.24) is 19.9 Å². The first-order valence-electron chi connectivity index (χ1n) is 8.36. The number of amides is 1. The van der Waals surface area contributed by atoms with E-state index in [0.29, 0.717) is 18.7 Å². The van der Waals surface area contributed by atoms with Crippen LogP contribution in [-0.2, 0) is 6.54 Å². The van der Waals surface area contributed by atoms with Gasteiger partial charge < -0.3 is 9.64 Å². The lowest BCUT2D eigenvalue weighted by molar-refractivity contribution is 0.0774. The minimum atomic E-state index is -0.0548. The number of ether oxygens (including phenoxy) is 1. The summed E-state index contributed by atoms with van der Waals surface area (Å²) in [6.45, 7) is 5.73. The molecule has 6 heteroatoms. The van der Waals surface area contributed by atoms with Gasteiger partial charge in [0.15, 0.2) is 0 Å². The Morgan fingerprint density at radius 1 is 1.24 bits per heavy atom.